The van der Waals surface area contributed by atoms with E-state index in [4.69, 9.17) is 21.4 Å². The lowest BCUT2D eigenvalue weighted by Crippen LogP contribution is -2.34. The van der Waals surface area contributed by atoms with Gasteiger partial charge in [0.15, 0.2) is 0 Å². The van der Waals surface area contributed by atoms with E-state index in [1.54, 1.807) is 17.3 Å². The van der Waals surface area contributed by atoms with Crippen molar-refractivity contribution in [3.05, 3.63) is 47.9 Å². The maximum atomic E-state index is 13.4. The zero-order valence-corrected chi connectivity index (χ0v) is 20.3. The highest BCUT2D eigenvalue weighted by Gasteiger charge is 2.28. The van der Waals surface area contributed by atoms with Gasteiger partial charge in [-0.25, -0.2) is 10.8 Å². The van der Waals surface area contributed by atoms with E-state index in [1.165, 1.54) is 5.01 Å². The fourth-order valence-corrected chi connectivity index (χ4v) is 3.57. The minimum Gasteiger partial charge on any atom is -0.400 e. The number of rotatable bonds is 12. The number of carbonyl (C=O) groups is 1. The lowest BCUT2D eigenvalue weighted by molar-refractivity contribution is 0.0943. The van der Waals surface area contributed by atoms with Crippen LogP contribution in [0.5, 0.6) is 0 Å². The van der Waals surface area contributed by atoms with Crippen LogP contribution in [0.15, 0.2) is 42.4 Å². The Morgan fingerprint density at radius 2 is 2.17 bits per heavy atom. The van der Waals surface area contributed by atoms with E-state index in [-0.39, 0.29) is 12.5 Å². The predicted octanol–water partition coefficient (Wildman–Crippen LogP) is 0.0837. The number of hydrogen-bond acceptors (Lipinski definition) is 11. The Morgan fingerprint density at radius 3 is 2.94 bits per heavy atom. The average molecular weight is 486 g/mol. The molecule has 1 aromatic heterocycles. The van der Waals surface area contributed by atoms with Gasteiger partial charge in [0.25, 0.3) is 5.91 Å². The quantitative estimate of drug-likeness (QED) is 0.157. The smallest absolute Gasteiger partial charge is 0.263 e. The van der Waals surface area contributed by atoms with Crippen LogP contribution < -0.4 is 37.0 Å². The Labute approximate surface area is 205 Å². The van der Waals surface area contributed by atoms with Crippen LogP contribution in [0.4, 0.5) is 23.1 Å². The van der Waals surface area contributed by atoms with Crippen LogP contribution in [0.1, 0.15) is 17.3 Å². The molecule has 0 spiro atoms. The molecule has 12 nitrogen and oxygen atoms in total. The van der Waals surface area contributed by atoms with E-state index >= 15 is 0 Å². The number of carbonyl (C=O) groups excluding carboxylic acids is 1. The molecule has 2 aromatic rings. The number of hydrogen-bond donors (Lipinski definition) is 5. The highest BCUT2D eigenvalue weighted by Crippen LogP contribution is 2.28. The summed E-state index contributed by atoms with van der Waals surface area (Å²) >= 11 is 0. The van der Waals surface area contributed by atoms with Crippen molar-refractivity contribution in [2.45, 2.75) is 6.92 Å². The Morgan fingerprint density at radius 1 is 1.34 bits per heavy atom. The summed E-state index contributed by atoms with van der Waals surface area (Å²) in [6.07, 6.45) is 3.20. The molecule has 0 unspecified atom stereocenters. The van der Waals surface area contributed by atoms with Crippen LogP contribution in [0.25, 0.3) is 0 Å². The molecule has 0 bridgehead atoms. The number of ether oxygens (including phenoxy) is 1. The van der Waals surface area contributed by atoms with Gasteiger partial charge in [0.1, 0.15) is 11.4 Å². The van der Waals surface area contributed by atoms with Crippen molar-refractivity contribution < 1.29 is 14.6 Å². The second kappa shape index (κ2) is 12.9. The molecular formula is C23H35N9O3. The first-order valence-electron chi connectivity index (χ1n) is 11.6. The monoisotopic (exact) mass is 485 g/mol. The maximum absolute atomic E-state index is 13.4. The summed E-state index contributed by atoms with van der Waals surface area (Å²) < 4.78 is 5.19. The molecule has 0 radical (unpaired) electrons. The summed E-state index contributed by atoms with van der Waals surface area (Å²) in [5, 5.41) is 16.4. The number of aromatic nitrogens is 2. The predicted molar refractivity (Wildman–Crippen MR) is 137 cm³/mol. The van der Waals surface area contributed by atoms with Crippen molar-refractivity contribution in [2.24, 2.45) is 11.6 Å². The Hall–Kier alpha value is -3.45. The third-order valence-corrected chi connectivity index (χ3v) is 5.33. The average Bonchev–Trinajstić information content (AvgIpc) is 2.97. The lowest BCUT2D eigenvalue weighted by atomic mass is 10.2. The molecule has 0 fully saturated rings. The molecule has 12 heteroatoms. The van der Waals surface area contributed by atoms with Gasteiger partial charge < -0.3 is 36.0 Å². The van der Waals surface area contributed by atoms with Crippen LogP contribution in [0.3, 0.4) is 0 Å². The molecule has 3 rings (SSSR count). The molecule has 35 heavy (non-hydrogen) atoms. The summed E-state index contributed by atoms with van der Waals surface area (Å²) in [6.45, 7) is 5.57. The number of hydrazine groups is 1. The van der Waals surface area contributed by atoms with E-state index in [1.807, 2.05) is 43.1 Å². The van der Waals surface area contributed by atoms with E-state index in [0.717, 1.165) is 0 Å². The number of benzene rings is 1. The molecule has 7 N–H and O–H groups in total. The number of nitrogens with one attached hydrogen (secondary N) is 2. The molecule has 0 saturated heterocycles. The largest absolute Gasteiger partial charge is 0.400 e. The number of amides is 1. The molecule has 1 aliphatic rings. The Kier molecular flexibility index (Phi) is 9.61. The number of aliphatic hydroxyl groups is 1. The lowest BCUT2D eigenvalue weighted by Gasteiger charge is -2.23. The standard InChI is InChI=1S/C23H35N9O3/c1-3-27-23-28-15-20-21(29-23)30(2)8-9-31(22(20)34)18-5-4-6-19(13-18)32(25)16-17(24)14-26-7-11-35-12-10-33/h4-6,13,15-16,26,33H,3,7-12,14,24-25H2,1-2H3,(H,27,28,29)/b17-16-. The maximum Gasteiger partial charge on any atom is 0.263 e. The molecule has 0 atom stereocenters. The second-order valence-electron chi connectivity index (χ2n) is 7.98. The minimum atomic E-state index is -0.171. The third kappa shape index (κ3) is 7.02. The summed E-state index contributed by atoms with van der Waals surface area (Å²) in [4.78, 5) is 25.9. The highest BCUT2D eigenvalue weighted by molar-refractivity contribution is 6.09. The summed E-state index contributed by atoms with van der Waals surface area (Å²) in [6, 6.07) is 7.41. The molecule has 2 heterocycles. The van der Waals surface area contributed by atoms with Gasteiger partial charge in [-0.05, 0) is 25.1 Å². The Bertz CT molecular complexity index is 1020. The van der Waals surface area contributed by atoms with Crippen LogP contribution in [0, 0.1) is 0 Å². The van der Waals surface area contributed by atoms with Gasteiger partial charge in [-0.2, -0.15) is 4.98 Å². The van der Waals surface area contributed by atoms with Gasteiger partial charge in [-0.15, -0.1) is 0 Å². The number of nitrogens with two attached hydrogens (primary N) is 2. The Balaban J connectivity index is 1.71. The highest BCUT2D eigenvalue weighted by atomic mass is 16.5. The van der Waals surface area contributed by atoms with Gasteiger partial charge in [0.2, 0.25) is 5.95 Å². The third-order valence-electron chi connectivity index (χ3n) is 5.33. The summed E-state index contributed by atoms with van der Waals surface area (Å²) in [5.74, 6) is 7.16. The van der Waals surface area contributed by atoms with Crippen molar-refractivity contribution in [1.82, 2.24) is 15.3 Å². The molecule has 1 amide bonds. The van der Waals surface area contributed by atoms with Crippen LogP contribution >= 0.6 is 0 Å². The van der Waals surface area contributed by atoms with Crippen LogP contribution in [-0.2, 0) is 4.74 Å². The molecule has 1 aromatic carbocycles. The normalized spacial score (nSPS) is 14.1. The van der Waals surface area contributed by atoms with E-state index < -0.39 is 0 Å². The molecular weight excluding hydrogens is 450 g/mol. The summed E-state index contributed by atoms with van der Waals surface area (Å²) in [7, 11) is 1.91. The van der Waals surface area contributed by atoms with Gasteiger partial charge in [0, 0.05) is 63.6 Å². The first kappa shape index (κ1) is 26.2. The van der Waals surface area contributed by atoms with Gasteiger partial charge >= 0.3 is 0 Å². The van der Waals surface area contributed by atoms with Crippen molar-refractivity contribution in [3.8, 4) is 0 Å². The number of aliphatic hydroxyl groups excluding tert-OH is 1. The van der Waals surface area contributed by atoms with Gasteiger partial charge in [-0.3, -0.25) is 9.80 Å². The second-order valence-corrected chi connectivity index (χ2v) is 7.98. The first-order valence-corrected chi connectivity index (χ1v) is 11.6. The minimum absolute atomic E-state index is 0.000619. The zero-order valence-electron chi connectivity index (χ0n) is 20.3. The zero-order chi connectivity index (χ0) is 25.2. The van der Waals surface area contributed by atoms with Gasteiger partial charge in [-0.1, -0.05) is 6.07 Å². The number of anilines is 4. The first-order chi connectivity index (χ1) is 16.9. The van der Waals surface area contributed by atoms with Crippen molar-refractivity contribution in [2.75, 3.05) is 79.7 Å². The molecule has 0 saturated carbocycles. The van der Waals surface area contributed by atoms with Gasteiger partial charge in [0.05, 0.1) is 25.5 Å². The van der Waals surface area contributed by atoms with Crippen LogP contribution in [-0.4, -0.2) is 80.6 Å². The molecule has 190 valence electrons. The summed E-state index contributed by atoms with van der Waals surface area (Å²) in [5.41, 5.74) is 8.46. The fraction of sp³-hybridized carbons (Fsp3) is 0.435. The van der Waals surface area contributed by atoms with E-state index in [2.05, 4.69) is 20.6 Å². The SMILES string of the molecule is CCNc1ncc2c(n1)N(C)CCN(c1cccc(N(N)/C=C(\N)CNCCOCCO)c1)C2=O. The molecule has 1 aliphatic heterocycles. The number of likely N-dealkylation sites (N-methyl/N-ethyl adjacent to an activating group) is 1. The van der Waals surface area contributed by atoms with E-state index in [9.17, 15) is 4.79 Å². The van der Waals surface area contributed by atoms with Crippen molar-refractivity contribution >= 4 is 29.0 Å². The number of fused-ring (bicyclic) bond motifs is 1. The van der Waals surface area contributed by atoms with Crippen LogP contribution in [0.2, 0.25) is 0 Å². The van der Waals surface area contributed by atoms with E-state index in [0.29, 0.717) is 80.3 Å². The number of nitrogens with zero attached hydrogens (tertiary/aromatic N) is 5. The topological polar surface area (TPSA) is 158 Å². The van der Waals surface area contributed by atoms with Crippen molar-refractivity contribution in [1.29, 1.82) is 0 Å². The molecule has 0 aliphatic carbocycles. The van der Waals surface area contributed by atoms with Crippen molar-refractivity contribution in [3.63, 3.8) is 0 Å². The fourth-order valence-electron chi connectivity index (χ4n) is 3.57.